The number of likely N-dealkylation sites (N-methyl/N-ethyl adjacent to an activating group) is 1. The van der Waals surface area contributed by atoms with Crippen LogP contribution in [0.3, 0.4) is 0 Å². The van der Waals surface area contributed by atoms with Gasteiger partial charge in [-0.3, -0.25) is 0 Å². The predicted octanol–water partition coefficient (Wildman–Crippen LogP) is 2.28. The van der Waals surface area contributed by atoms with Crippen LogP contribution >= 0.6 is 11.6 Å². The molecule has 1 aromatic carbocycles. The first kappa shape index (κ1) is 17.2. The van der Waals surface area contributed by atoms with E-state index in [2.05, 4.69) is 0 Å². The lowest BCUT2D eigenvalue weighted by molar-refractivity contribution is 0.135. The molecule has 7 heteroatoms. The summed E-state index contributed by atoms with van der Waals surface area (Å²) in [5.74, 6) is 0. The summed E-state index contributed by atoms with van der Waals surface area (Å²) in [4.78, 5) is 0.0422. The van der Waals surface area contributed by atoms with E-state index in [1.54, 1.807) is 19.9 Å². The van der Waals surface area contributed by atoms with Gasteiger partial charge in [-0.15, -0.1) is 0 Å². The number of hydrogen-bond acceptors (Lipinski definition) is 4. The van der Waals surface area contributed by atoms with Crippen LogP contribution in [0.15, 0.2) is 17.0 Å². The van der Waals surface area contributed by atoms with Gasteiger partial charge >= 0.3 is 0 Å². The minimum Gasteiger partial charge on any atom is -0.398 e. The van der Waals surface area contributed by atoms with Crippen molar-refractivity contribution in [1.82, 2.24) is 4.31 Å². The van der Waals surface area contributed by atoms with Crippen LogP contribution in [0.4, 0.5) is 5.69 Å². The molecule has 20 heavy (non-hydrogen) atoms. The molecule has 2 N–H and O–H groups in total. The van der Waals surface area contributed by atoms with Crippen molar-refractivity contribution in [2.75, 3.05) is 32.0 Å². The number of nitrogen functional groups attached to an aromatic ring is 1. The zero-order valence-corrected chi connectivity index (χ0v) is 13.6. The third kappa shape index (κ3) is 3.85. The first-order valence-electron chi connectivity index (χ1n) is 6.48. The topological polar surface area (TPSA) is 72.6 Å². The highest BCUT2D eigenvalue weighted by molar-refractivity contribution is 7.89. The Labute approximate surface area is 125 Å². The summed E-state index contributed by atoms with van der Waals surface area (Å²) in [6.07, 6.45) is 0. The molecule has 0 radical (unpaired) electrons. The minimum atomic E-state index is -3.66. The fourth-order valence-corrected chi connectivity index (χ4v) is 3.79. The Bertz CT molecular complexity index is 561. The van der Waals surface area contributed by atoms with Crippen LogP contribution in [0.25, 0.3) is 0 Å². The lowest BCUT2D eigenvalue weighted by atomic mass is 10.2. The molecule has 0 aliphatic rings. The summed E-state index contributed by atoms with van der Waals surface area (Å²) >= 11 is 6.06. The number of aryl methyl sites for hydroxylation is 1. The van der Waals surface area contributed by atoms with Crippen molar-refractivity contribution in [3.8, 4) is 0 Å². The van der Waals surface area contributed by atoms with Gasteiger partial charge in [0.25, 0.3) is 0 Å². The van der Waals surface area contributed by atoms with Gasteiger partial charge in [0.1, 0.15) is 4.90 Å². The molecule has 0 heterocycles. The zero-order chi connectivity index (χ0) is 15.3. The van der Waals surface area contributed by atoms with E-state index >= 15 is 0 Å². The highest BCUT2D eigenvalue weighted by Gasteiger charge is 2.26. The molecule has 114 valence electrons. The van der Waals surface area contributed by atoms with E-state index in [0.29, 0.717) is 25.4 Å². The molecule has 1 aromatic rings. The van der Waals surface area contributed by atoms with Crippen molar-refractivity contribution >= 4 is 27.3 Å². The molecule has 0 atom stereocenters. The molecule has 0 aliphatic heterocycles. The number of nitrogens with two attached hydrogens (primary N) is 1. The van der Waals surface area contributed by atoms with Gasteiger partial charge in [0.2, 0.25) is 10.0 Å². The molecule has 0 fully saturated rings. The van der Waals surface area contributed by atoms with Gasteiger partial charge in [0.15, 0.2) is 0 Å². The number of nitrogens with zero attached hydrogens (tertiary/aromatic N) is 1. The molecule has 1 rings (SSSR count). The molecule has 0 aromatic heterocycles. The van der Waals surface area contributed by atoms with Crippen LogP contribution in [0.5, 0.6) is 0 Å². The van der Waals surface area contributed by atoms with Crippen molar-refractivity contribution < 1.29 is 13.2 Å². The van der Waals surface area contributed by atoms with Crippen LogP contribution < -0.4 is 5.73 Å². The molecule has 5 nitrogen and oxygen atoms in total. The van der Waals surface area contributed by atoms with Crippen LogP contribution in [-0.4, -0.2) is 39.0 Å². The van der Waals surface area contributed by atoms with Crippen LogP contribution in [0.1, 0.15) is 19.4 Å². The first-order valence-corrected chi connectivity index (χ1v) is 8.29. The largest absolute Gasteiger partial charge is 0.398 e. The first-order chi connectivity index (χ1) is 9.34. The molecular formula is C13H21ClN2O3S. The lowest BCUT2D eigenvalue weighted by Crippen LogP contribution is -2.34. The summed E-state index contributed by atoms with van der Waals surface area (Å²) in [6.45, 7) is 6.95. The standard InChI is InChI=1S/C13H21ClN2O3S/c1-4-16(6-7-19-5-2)20(17,18)13-9-12(15)10(3)8-11(13)14/h8-9H,4-7,15H2,1-3H3. The number of benzene rings is 1. The smallest absolute Gasteiger partial charge is 0.244 e. The normalized spacial score (nSPS) is 12.1. The highest BCUT2D eigenvalue weighted by Crippen LogP contribution is 2.29. The Balaban J connectivity index is 3.11. The van der Waals surface area contributed by atoms with Crippen LogP contribution in [0.2, 0.25) is 5.02 Å². The molecule has 0 unspecified atom stereocenters. The predicted molar refractivity (Wildman–Crippen MR) is 81.5 cm³/mol. The van der Waals surface area contributed by atoms with E-state index in [-0.39, 0.29) is 16.5 Å². The van der Waals surface area contributed by atoms with Crippen LogP contribution in [0, 0.1) is 6.92 Å². The number of halogens is 1. The second-order valence-corrected chi connectivity index (χ2v) is 6.65. The van der Waals surface area contributed by atoms with Crippen molar-refractivity contribution in [3.63, 3.8) is 0 Å². The number of rotatable bonds is 7. The summed E-state index contributed by atoms with van der Waals surface area (Å²) in [7, 11) is -3.66. The fourth-order valence-electron chi connectivity index (χ4n) is 1.76. The van der Waals surface area contributed by atoms with Crippen molar-refractivity contribution in [2.45, 2.75) is 25.7 Å². The van der Waals surface area contributed by atoms with Crippen molar-refractivity contribution in [2.24, 2.45) is 0 Å². The zero-order valence-electron chi connectivity index (χ0n) is 12.0. The van der Waals surface area contributed by atoms with E-state index in [0.717, 1.165) is 5.56 Å². The maximum absolute atomic E-state index is 12.6. The average Bonchev–Trinajstić information content (AvgIpc) is 2.38. The third-order valence-electron chi connectivity index (χ3n) is 2.98. The van der Waals surface area contributed by atoms with E-state index in [4.69, 9.17) is 22.1 Å². The Hall–Kier alpha value is -0.820. The summed E-state index contributed by atoms with van der Waals surface area (Å²) < 4.78 is 31.7. The van der Waals surface area contributed by atoms with E-state index < -0.39 is 10.0 Å². The lowest BCUT2D eigenvalue weighted by Gasteiger charge is -2.21. The molecule has 0 bridgehead atoms. The molecule has 0 spiro atoms. The van der Waals surface area contributed by atoms with Gasteiger partial charge in [-0.05, 0) is 31.5 Å². The number of anilines is 1. The maximum atomic E-state index is 12.6. The molecule has 0 amide bonds. The van der Waals surface area contributed by atoms with E-state index in [1.165, 1.54) is 10.4 Å². The number of hydrogen-bond donors (Lipinski definition) is 1. The Morgan fingerprint density at radius 3 is 2.55 bits per heavy atom. The van der Waals surface area contributed by atoms with E-state index in [9.17, 15) is 8.42 Å². The quantitative estimate of drug-likeness (QED) is 0.618. The maximum Gasteiger partial charge on any atom is 0.244 e. The second-order valence-electron chi connectivity index (χ2n) is 4.33. The Kier molecular flexibility index (Phi) is 6.26. The van der Waals surface area contributed by atoms with E-state index in [1.807, 2.05) is 6.92 Å². The van der Waals surface area contributed by atoms with Crippen LogP contribution in [-0.2, 0) is 14.8 Å². The van der Waals surface area contributed by atoms with Crippen molar-refractivity contribution in [3.05, 3.63) is 22.7 Å². The van der Waals surface area contributed by atoms with Gasteiger partial charge in [-0.1, -0.05) is 18.5 Å². The molecular weight excluding hydrogens is 300 g/mol. The van der Waals surface area contributed by atoms with Gasteiger partial charge in [-0.2, -0.15) is 4.31 Å². The van der Waals surface area contributed by atoms with Gasteiger partial charge in [0.05, 0.1) is 11.6 Å². The van der Waals surface area contributed by atoms with Gasteiger partial charge < -0.3 is 10.5 Å². The van der Waals surface area contributed by atoms with Gasteiger partial charge in [-0.25, -0.2) is 8.42 Å². The Morgan fingerprint density at radius 2 is 2.00 bits per heavy atom. The van der Waals surface area contributed by atoms with Gasteiger partial charge in [0, 0.05) is 25.4 Å². The average molecular weight is 321 g/mol. The van der Waals surface area contributed by atoms with Crippen molar-refractivity contribution in [1.29, 1.82) is 0 Å². The molecule has 0 aliphatic carbocycles. The molecule has 0 saturated heterocycles. The number of sulfonamides is 1. The fraction of sp³-hybridized carbons (Fsp3) is 0.538. The monoisotopic (exact) mass is 320 g/mol. The summed E-state index contributed by atoms with van der Waals surface area (Å²) in [5, 5.41) is 0.187. The Morgan fingerprint density at radius 1 is 1.35 bits per heavy atom. The third-order valence-corrected chi connectivity index (χ3v) is 5.42. The second kappa shape index (κ2) is 7.26. The SMILES string of the molecule is CCOCCN(CC)S(=O)(=O)c1cc(N)c(C)cc1Cl. The summed E-state index contributed by atoms with van der Waals surface area (Å²) in [5.41, 5.74) is 6.95. The number of ether oxygens (including phenoxy) is 1. The highest BCUT2D eigenvalue weighted by atomic mass is 35.5. The molecule has 0 saturated carbocycles. The summed E-state index contributed by atoms with van der Waals surface area (Å²) in [6, 6.07) is 2.98. The minimum absolute atomic E-state index is 0.0422.